The van der Waals surface area contributed by atoms with Gasteiger partial charge in [-0.3, -0.25) is 0 Å². The van der Waals surface area contributed by atoms with Gasteiger partial charge in [-0.15, -0.1) is 0 Å². The Hall–Kier alpha value is -0.790. The monoisotopic (exact) mass is 274 g/mol. The number of esters is 1. The van der Waals surface area contributed by atoms with Gasteiger partial charge < -0.3 is 4.74 Å². The highest BCUT2D eigenvalue weighted by Gasteiger charge is 2.67. The lowest BCUT2D eigenvalue weighted by Crippen LogP contribution is -2.47. The summed E-state index contributed by atoms with van der Waals surface area (Å²) in [5.41, 5.74) is 0.386. The molecule has 2 heteroatoms. The van der Waals surface area contributed by atoms with Crippen molar-refractivity contribution < 1.29 is 9.53 Å². The highest BCUT2D eigenvalue weighted by Crippen LogP contribution is 2.70. The van der Waals surface area contributed by atoms with E-state index in [1.54, 1.807) is 6.92 Å². The summed E-state index contributed by atoms with van der Waals surface area (Å²) in [5.74, 6) is 5.09. The van der Waals surface area contributed by atoms with E-state index >= 15 is 0 Å². The molecule has 20 heavy (non-hydrogen) atoms. The smallest absolute Gasteiger partial charge is 0.333 e. The first-order valence-corrected chi connectivity index (χ1v) is 8.44. The minimum Gasteiger partial charge on any atom is -0.455 e. The van der Waals surface area contributed by atoms with Crippen LogP contribution in [0.2, 0.25) is 0 Å². The van der Waals surface area contributed by atoms with Gasteiger partial charge in [0.25, 0.3) is 0 Å². The molecule has 0 aliphatic heterocycles. The number of hydrogen-bond acceptors (Lipinski definition) is 2. The van der Waals surface area contributed by atoms with Gasteiger partial charge in [0, 0.05) is 11.5 Å². The second-order valence-corrected chi connectivity index (χ2v) is 7.88. The molecule has 4 aliphatic carbocycles. The quantitative estimate of drug-likeness (QED) is 0.442. The van der Waals surface area contributed by atoms with Crippen LogP contribution in [-0.4, -0.2) is 11.6 Å². The van der Waals surface area contributed by atoms with Gasteiger partial charge in [0.2, 0.25) is 0 Å². The Bertz CT molecular complexity index is 468. The first kappa shape index (κ1) is 12.9. The van der Waals surface area contributed by atoms with Gasteiger partial charge in [-0.25, -0.2) is 4.79 Å². The van der Waals surface area contributed by atoms with Crippen LogP contribution in [0, 0.1) is 35.5 Å². The fourth-order valence-electron chi connectivity index (χ4n) is 6.56. The molecule has 0 radical (unpaired) electrons. The van der Waals surface area contributed by atoms with Crippen molar-refractivity contribution in [2.45, 2.75) is 58.0 Å². The van der Waals surface area contributed by atoms with Crippen LogP contribution in [0.15, 0.2) is 12.2 Å². The predicted octanol–water partition coefficient (Wildman–Crippen LogP) is 3.96. The predicted molar refractivity (Wildman–Crippen MR) is 78.0 cm³/mol. The Labute approximate surface area is 122 Å². The second-order valence-electron chi connectivity index (χ2n) is 7.88. The van der Waals surface area contributed by atoms with E-state index in [2.05, 4.69) is 13.5 Å². The Morgan fingerprint density at radius 2 is 1.90 bits per heavy atom. The molecular weight excluding hydrogens is 248 g/mol. The van der Waals surface area contributed by atoms with Crippen LogP contribution in [0.3, 0.4) is 0 Å². The third-order valence-corrected chi connectivity index (χ3v) is 7.14. The van der Waals surface area contributed by atoms with Gasteiger partial charge in [0.1, 0.15) is 5.60 Å². The summed E-state index contributed by atoms with van der Waals surface area (Å²) in [7, 11) is 0. The number of carbonyl (C=O) groups is 1. The number of hydrogen-bond donors (Lipinski definition) is 0. The zero-order valence-corrected chi connectivity index (χ0v) is 12.7. The fraction of sp³-hybridized carbons (Fsp3) is 0.833. The largest absolute Gasteiger partial charge is 0.455 e. The zero-order chi connectivity index (χ0) is 14.1. The Kier molecular flexibility index (Phi) is 2.66. The van der Waals surface area contributed by atoms with Crippen LogP contribution in [0.4, 0.5) is 0 Å². The lowest BCUT2D eigenvalue weighted by Gasteiger charge is -2.45. The summed E-state index contributed by atoms with van der Waals surface area (Å²) in [6.07, 6.45) is 7.80. The SMILES string of the molecule is C=C(C)C(=O)O[C@@]1(CC)C[C@H]2C[C@@H]1C1C3CCC(C3)C12. The molecule has 0 saturated heterocycles. The van der Waals surface area contributed by atoms with Crippen molar-refractivity contribution in [3.05, 3.63) is 12.2 Å². The van der Waals surface area contributed by atoms with Crippen molar-refractivity contribution in [3.63, 3.8) is 0 Å². The maximum Gasteiger partial charge on any atom is 0.333 e. The van der Waals surface area contributed by atoms with E-state index in [4.69, 9.17) is 4.74 Å². The third kappa shape index (κ3) is 1.48. The van der Waals surface area contributed by atoms with Gasteiger partial charge >= 0.3 is 5.97 Å². The lowest BCUT2D eigenvalue weighted by atomic mass is 9.65. The summed E-state index contributed by atoms with van der Waals surface area (Å²) in [4.78, 5) is 12.1. The average molecular weight is 274 g/mol. The van der Waals surface area contributed by atoms with Crippen molar-refractivity contribution in [2.75, 3.05) is 0 Å². The first-order chi connectivity index (χ1) is 9.55. The molecule has 0 N–H and O–H groups in total. The number of carbonyl (C=O) groups excluding carboxylic acids is 1. The summed E-state index contributed by atoms with van der Waals surface area (Å²) >= 11 is 0. The Morgan fingerprint density at radius 3 is 2.55 bits per heavy atom. The molecule has 2 nitrogen and oxygen atoms in total. The highest BCUT2D eigenvalue weighted by atomic mass is 16.6. The maximum absolute atomic E-state index is 12.1. The van der Waals surface area contributed by atoms with Gasteiger partial charge in [0.15, 0.2) is 0 Å². The summed E-state index contributed by atoms with van der Waals surface area (Å²) in [6, 6.07) is 0. The van der Waals surface area contributed by atoms with Crippen molar-refractivity contribution in [1.29, 1.82) is 0 Å². The minimum absolute atomic E-state index is 0.160. The molecule has 4 bridgehead atoms. The first-order valence-electron chi connectivity index (χ1n) is 8.44. The molecule has 0 aromatic heterocycles. The molecule has 4 fully saturated rings. The van der Waals surface area contributed by atoms with Crippen LogP contribution in [0.25, 0.3) is 0 Å². The number of fused-ring (bicyclic) bond motifs is 9. The van der Waals surface area contributed by atoms with Gasteiger partial charge in [-0.05, 0) is 75.0 Å². The van der Waals surface area contributed by atoms with Crippen LogP contribution in [0.5, 0.6) is 0 Å². The summed E-state index contributed by atoms with van der Waals surface area (Å²) in [6.45, 7) is 7.72. The second kappa shape index (κ2) is 4.11. The molecule has 7 atom stereocenters. The maximum atomic E-state index is 12.1. The molecule has 4 aliphatic rings. The summed E-state index contributed by atoms with van der Waals surface area (Å²) < 4.78 is 6.02. The van der Waals surface area contributed by atoms with Gasteiger partial charge in [-0.2, -0.15) is 0 Å². The van der Waals surface area contributed by atoms with E-state index in [-0.39, 0.29) is 11.6 Å². The molecular formula is C18H26O2. The van der Waals surface area contributed by atoms with Gasteiger partial charge in [0.05, 0.1) is 0 Å². The van der Waals surface area contributed by atoms with Crippen LogP contribution < -0.4 is 0 Å². The van der Waals surface area contributed by atoms with Crippen molar-refractivity contribution in [1.82, 2.24) is 0 Å². The third-order valence-electron chi connectivity index (χ3n) is 7.14. The molecule has 0 amide bonds. The Morgan fingerprint density at radius 1 is 1.20 bits per heavy atom. The molecule has 4 saturated carbocycles. The van der Waals surface area contributed by atoms with Crippen molar-refractivity contribution >= 4 is 5.97 Å². The average Bonchev–Trinajstić information content (AvgIpc) is 3.15. The standard InChI is InChI=1S/C18H26O2/c1-4-18(20-17(19)10(2)3)9-13-8-14(18)16-12-6-5-11(7-12)15(13)16/h11-16H,2,4-9H2,1,3H3/t11?,12?,13-,14-,15?,16?,18+/m1/s1. The van der Waals surface area contributed by atoms with Crippen LogP contribution in [-0.2, 0) is 9.53 Å². The topological polar surface area (TPSA) is 26.3 Å². The van der Waals surface area contributed by atoms with E-state index in [0.717, 1.165) is 42.4 Å². The lowest BCUT2D eigenvalue weighted by molar-refractivity contribution is -0.167. The van der Waals surface area contributed by atoms with Crippen LogP contribution >= 0.6 is 0 Å². The van der Waals surface area contributed by atoms with Gasteiger partial charge in [-0.1, -0.05) is 13.5 Å². The summed E-state index contributed by atoms with van der Waals surface area (Å²) in [5, 5.41) is 0. The van der Waals surface area contributed by atoms with E-state index < -0.39 is 0 Å². The molecule has 4 unspecified atom stereocenters. The van der Waals surface area contributed by atoms with Crippen LogP contribution in [0.1, 0.15) is 52.4 Å². The Balaban J connectivity index is 1.62. The highest BCUT2D eigenvalue weighted by molar-refractivity contribution is 5.87. The fourth-order valence-corrected chi connectivity index (χ4v) is 6.56. The minimum atomic E-state index is -0.167. The van der Waals surface area contributed by atoms with E-state index in [1.807, 2.05) is 0 Å². The molecule has 4 rings (SSSR count). The van der Waals surface area contributed by atoms with E-state index in [1.165, 1.54) is 25.7 Å². The van der Waals surface area contributed by atoms with E-state index in [0.29, 0.717) is 11.5 Å². The number of ether oxygens (including phenoxy) is 1. The van der Waals surface area contributed by atoms with E-state index in [9.17, 15) is 4.79 Å². The van der Waals surface area contributed by atoms with Crippen molar-refractivity contribution in [3.8, 4) is 0 Å². The molecule has 0 aromatic rings. The molecule has 110 valence electrons. The molecule has 0 heterocycles. The molecule has 0 spiro atoms. The van der Waals surface area contributed by atoms with Crippen molar-refractivity contribution in [2.24, 2.45) is 35.5 Å². The number of rotatable bonds is 3. The normalized spacial score (nSPS) is 51.3. The zero-order valence-electron chi connectivity index (χ0n) is 12.7. The molecule has 0 aromatic carbocycles.